The molecule has 1 aromatic heterocycles. The predicted octanol–water partition coefficient (Wildman–Crippen LogP) is 0.816. The predicted molar refractivity (Wildman–Crippen MR) is 60.9 cm³/mol. The molecule has 1 aliphatic rings. The first-order chi connectivity index (χ1) is 7.66. The van der Waals surface area contributed by atoms with Gasteiger partial charge in [0.2, 0.25) is 0 Å². The van der Waals surface area contributed by atoms with Gasteiger partial charge in [-0.15, -0.1) is 5.10 Å². The first kappa shape index (κ1) is 11.5. The van der Waals surface area contributed by atoms with E-state index in [9.17, 15) is 5.11 Å². The van der Waals surface area contributed by atoms with Crippen LogP contribution in [0.25, 0.3) is 0 Å². The molecule has 5 heteroatoms. The molecule has 2 atom stereocenters. The van der Waals surface area contributed by atoms with E-state index in [1.165, 1.54) is 6.42 Å². The molecule has 1 fully saturated rings. The molecule has 90 valence electrons. The molecule has 1 saturated carbocycles. The number of hydrogen-bond donors (Lipinski definition) is 1. The molecule has 0 spiro atoms. The lowest BCUT2D eigenvalue weighted by molar-refractivity contribution is 0.0685. The number of aliphatic hydroxyl groups excluding tert-OH is 1. The molecule has 2 rings (SSSR count). The Labute approximate surface area is 96.1 Å². The zero-order chi connectivity index (χ0) is 11.5. The monoisotopic (exact) mass is 224 g/mol. The molecule has 1 N–H and O–H groups in total. The second-order valence-electron chi connectivity index (χ2n) is 4.85. The number of nitrogens with zero attached hydrogens (tertiary/aromatic N) is 4. The van der Waals surface area contributed by atoms with E-state index in [-0.39, 0.29) is 12.1 Å². The smallest absolute Gasteiger partial charge is 0.0967 e. The second kappa shape index (κ2) is 4.93. The number of aliphatic hydroxyl groups is 1. The van der Waals surface area contributed by atoms with Crippen LogP contribution in [0.3, 0.4) is 0 Å². The lowest BCUT2D eigenvalue weighted by Gasteiger charge is -2.27. The van der Waals surface area contributed by atoms with Crippen LogP contribution in [0, 0.1) is 0 Å². The standard InChI is InChI=1S/C11H20N4O/c1-14(2)7-9-8-15(13-12-9)10-5-3-4-6-11(10)16/h8,10-11,16H,3-7H2,1-2H3/t10-,11-/m0/s1. The van der Waals surface area contributed by atoms with Crippen LogP contribution in [0.1, 0.15) is 37.4 Å². The summed E-state index contributed by atoms with van der Waals surface area (Å²) in [4.78, 5) is 2.06. The minimum Gasteiger partial charge on any atom is -0.391 e. The van der Waals surface area contributed by atoms with Gasteiger partial charge in [-0.1, -0.05) is 18.1 Å². The van der Waals surface area contributed by atoms with Crippen LogP contribution in [0.15, 0.2) is 6.20 Å². The molecular formula is C11H20N4O. The summed E-state index contributed by atoms with van der Waals surface area (Å²) in [5, 5.41) is 18.2. The third-order valence-corrected chi connectivity index (χ3v) is 3.07. The summed E-state index contributed by atoms with van der Waals surface area (Å²) in [5.41, 5.74) is 0.961. The summed E-state index contributed by atoms with van der Waals surface area (Å²) in [7, 11) is 4.02. The van der Waals surface area contributed by atoms with Crippen molar-refractivity contribution in [2.45, 2.75) is 44.4 Å². The Hall–Kier alpha value is -0.940. The molecular weight excluding hydrogens is 204 g/mol. The molecule has 0 saturated heterocycles. The SMILES string of the molecule is CN(C)Cc1cn([C@H]2CCCC[C@@H]2O)nn1. The van der Waals surface area contributed by atoms with Gasteiger partial charge >= 0.3 is 0 Å². The first-order valence-corrected chi connectivity index (χ1v) is 5.90. The lowest BCUT2D eigenvalue weighted by Crippen LogP contribution is -2.27. The molecule has 0 bridgehead atoms. The summed E-state index contributed by atoms with van der Waals surface area (Å²) in [6.07, 6.45) is 5.88. The maximum Gasteiger partial charge on any atom is 0.0967 e. The molecule has 1 heterocycles. The topological polar surface area (TPSA) is 54.2 Å². The van der Waals surface area contributed by atoms with Crippen LogP contribution in [0.4, 0.5) is 0 Å². The Morgan fingerprint density at radius 3 is 2.88 bits per heavy atom. The maximum absolute atomic E-state index is 9.91. The second-order valence-corrected chi connectivity index (χ2v) is 4.85. The molecule has 5 nitrogen and oxygen atoms in total. The highest BCUT2D eigenvalue weighted by molar-refractivity contribution is 4.94. The Morgan fingerprint density at radius 1 is 1.44 bits per heavy atom. The fourth-order valence-electron chi connectivity index (χ4n) is 2.27. The molecule has 1 aromatic rings. The summed E-state index contributed by atoms with van der Waals surface area (Å²) >= 11 is 0. The minimum absolute atomic E-state index is 0.122. The van der Waals surface area contributed by atoms with Gasteiger partial charge in [0.25, 0.3) is 0 Å². The van der Waals surface area contributed by atoms with Crippen molar-refractivity contribution in [3.8, 4) is 0 Å². The Balaban J connectivity index is 2.05. The van der Waals surface area contributed by atoms with E-state index < -0.39 is 0 Å². The summed E-state index contributed by atoms with van der Waals surface area (Å²) in [6, 6.07) is 0.122. The van der Waals surface area contributed by atoms with E-state index in [4.69, 9.17) is 0 Å². The van der Waals surface area contributed by atoms with Gasteiger partial charge in [-0.2, -0.15) is 0 Å². The number of rotatable bonds is 3. The molecule has 16 heavy (non-hydrogen) atoms. The summed E-state index contributed by atoms with van der Waals surface area (Å²) < 4.78 is 1.84. The van der Waals surface area contributed by atoms with Crippen molar-refractivity contribution >= 4 is 0 Å². The van der Waals surface area contributed by atoms with Gasteiger partial charge in [0.15, 0.2) is 0 Å². The molecule has 0 aromatic carbocycles. The average molecular weight is 224 g/mol. The zero-order valence-corrected chi connectivity index (χ0v) is 10.0. The van der Waals surface area contributed by atoms with Crippen molar-refractivity contribution in [2.24, 2.45) is 0 Å². The maximum atomic E-state index is 9.91. The lowest BCUT2D eigenvalue weighted by atomic mass is 9.93. The van der Waals surface area contributed by atoms with Crippen molar-refractivity contribution in [2.75, 3.05) is 14.1 Å². The third-order valence-electron chi connectivity index (χ3n) is 3.07. The van der Waals surface area contributed by atoms with E-state index in [1.54, 1.807) is 0 Å². The van der Waals surface area contributed by atoms with E-state index in [1.807, 2.05) is 25.0 Å². The molecule has 0 amide bonds. The van der Waals surface area contributed by atoms with Crippen LogP contribution < -0.4 is 0 Å². The van der Waals surface area contributed by atoms with Gasteiger partial charge in [0, 0.05) is 6.54 Å². The van der Waals surface area contributed by atoms with Crippen molar-refractivity contribution in [1.82, 2.24) is 19.9 Å². The first-order valence-electron chi connectivity index (χ1n) is 5.90. The highest BCUT2D eigenvalue weighted by atomic mass is 16.3. The third kappa shape index (κ3) is 2.59. The zero-order valence-electron chi connectivity index (χ0n) is 10.0. The van der Waals surface area contributed by atoms with Crippen LogP contribution in [-0.2, 0) is 6.54 Å². The van der Waals surface area contributed by atoms with Crippen molar-refractivity contribution in [1.29, 1.82) is 0 Å². The van der Waals surface area contributed by atoms with Crippen molar-refractivity contribution in [3.63, 3.8) is 0 Å². The van der Waals surface area contributed by atoms with E-state index in [0.29, 0.717) is 0 Å². The van der Waals surface area contributed by atoms with E-state index in [2.05, 4.69) is 15.2 Å². The summed E-state index contributed by atoms with van der Waals surface area (Å²) in [5.74, 6) is 0. The Kier molecular flexibility index (Phi) is 3.56. The molecule has 0 aliphatic heterocycles. The van der Waals surface area contributed by atoms with Gasteiger partial charge in [0.1, 0.15) is 0 Å². The van der Waals surface area contributed by atoms with Gasteiger partial charge in [-0.3, -0.25) is 0 Å². The average Bonchev–Trinajstić information content (AvgIpc) is 2.66. The van der Waals surface area contributed by atoms with Crippen LogP contribution in [-0.4, -0.2) is 45.2 Å². The van der Waals surface area contributed by atoms with Gasteiger partial charge in [0.05, 0.1) is 24.0 Å². The molecule has 0 unspecified atom stereocenters. The quantitative estimate of drug-likeness (QED) is 0.825. The fraction of sp³-hybridized carbons (Fsp3) is 0.818. The fourth-order valence-corrected chi connectivity index (χ4v) is 2.27. The minimum atomic E-state index is -0.261. The van der Waals surface area contributed by atoms with Crippen molar-refractivity contribution in [3.05, 3.63) is 11.9 Å². The molecule has 1 aliphatic carbocycles. The van der Waals surface area contributed by atoms with Crippen molar-refractivity contribution < 1.29 is 5.11 Å². The van der Waals surface area contributed by atoms with Gasteiger partial charge < -0.3 is 10.0 Å². The summed E-state index contributed by atoms with van der Waals surface area (Å²) in [6.45, 7) is 0.794. The number of hydrogen-bond acceptors (Lipinski definition) is 4. The largest absolute Gasteiger partial charge is 0.391 e. The highest BCUT2D eigenvalue weighted by Gasteiger charge is 2.25. The van der Waals surface area contributed by atoms with Gasteiger partial charge in [-0.25, -0.2) is 4.68 Å². The van der Waals surface area contributed by atoms with Crippen LogP contribution in [0.2, 0.25) is 0 Å². The molecule has 0 radical (unpaired) electrons. The Morgan fingerprint density at radius 2 is 2.19 bits per heavy atom. The normalized spacial score (nSPS) is 26.2. The van der Waals surface area contributed by atoms with Crippen LogP contribution >= 0.6 is 0 Å². The van der Waals surface area contributed by atoms with Gasteiger partial charge in [-0.05, 0) is 26.9 Å². The van der Waals surface area contributed by atoms with E-state index >= 15 is 0 Å². The number of aromatic nitrogens is 3. The highest BCUT2D eigenvalue weighted by Crippen LogP contribution is 2.27. The Bertz CT molecular complexity index is 336. The van der Waals surface area contributed by atoms with Crippen LogP contribution in [0.5, 0.6) is 0 Å². The van der Waals surface area contributed by atoms with E-state index in [0.717, 1.165) is 31.5 Å².